The number of ether oxygens (including phenoxy) is 1. The van der Waals surface area contributed by atoms with Crippen LogP contribution in [-0.4, -0.2) is 19.2 Å². The van der Waals surface area contributed by atoms with Gasteiger partial charge >= 0.3 is 6.03 Å². The third-order valence-corrected chi connectivity index (χ3v) is 3.41. The Kier molecular flexibility index (Phi) is 5.59. The van der Waals surface area contributed by atoms with Crippen molar-refractivity contribution < 1.29 is 9.53 Å². The van der Waals surface area contributed by atoms with Crippen LogP contribution in [0.25, 0.3) is 0 Å². The van der Waals surface area contributed by atoms with Crippen LogP contribution in [0.3, 0.4) is 0 Å². The number of nitrogens with one attached hydrogen (secondary N) is 2. The second-order valence-corrected chi connectivity index (χ2v) is 5.16. The van der Waals surface area contributed by atoms with E-state index in [1.807, 2.05) is 38.1 Å². The number of aryl methyl sites for hydroxylation is 2. The summed E-state index contributed by atoms with van der Waals surface area (Å²) in [4.78, 5) is 11.7. The van der Waals surface area contributed by atoms with E-state index in [1.165, 1.54) is 11.1 Å². The molecule has 23 heavy (non-hydrogen) atoms. The van der Waals surface area contributed by atoms with Crippen molar-refractivity contribution in [1.29, 1.82) is 5.26 Å². The fourth-order valence-corrected chi connectivity index (χ4v) is 1.94. The van der Waals surface area contributed by atoms with Crippen LogP contribution >= 0.6 is 0 Å². The van der Waals surface area contributed by atoms with Gasteiger partial charge in [0.15, 0.2) is 0 Å². The van der Waals surface area contributed by atoms with Gasteiger partial charge in [-0.15, -0.1) is 0 Å². The van der Waals surface area contributed by atoms with Crippen molar-refractivity contribution in [3.8, 4) is 11.8 Å². The molecule has 2 N–H and O–H groups in total. The molecule has 0 aliphatic rings. The summed E-state index contributed by atoms with van der Waals surface area (Å²) >= 11 is 0. The van der Waals surface area contributed by atoms with Crippen molar-refractivity contribution in [2.75, 3.05) is 18.5 Å². The monoisotopic (exact) mass is 309 g/mol. The zero-order chi connectivity index (χ0) is 16.7. The second-order valence-electron chi connectivity index (χ2n) is 5.16. The van der Waals surface area contributed by atoms with E-state index in [0.717, 1.165) is 5.75 Å². The Morgan fingerprint density at radius 1 is 1.13 bits per heavy atom. The molecule has 0 radical (unpaired) electrons. The summed E-state index contributed by atoms with van der Waals surface area (Å²) in [5, 5.41) is 14.1. The van der Waals surface area contributed by atoms with Gasteiger partial charge in [0.1, 0.15) is 12.4 Å². The maximum Gasteiger partial charge on any atom is 0.319 e. The van der Waals surface area contributed by atoms with Crippen LogP contribution in [0.2, 0.25) is 0 Å². The van der Waals surface area contributed by atoms with E-state index in [4.69, 9.17) is 10.00 Å². The summed E-state index contributed by atoms with van der Waals surface area (Å²) in [5.41, 5.74) is 3.58. The van der Waals surface area contributed by atoms with E-state index in [-0.39, 0.29) is 6.03 Å². The van der Waals surface area contributed by atoms with Gasteiger partial charge < -0.3 is 15.4 Å². The minimum Gasteiger partial charge on any atom is -0.492 e. The Morgan fingerprint density at radius 2 is 1.87 bits per heavy atom. The average Bonchev–Trinajstić information content (AvgIpc) is 2.55. The highest BCUT2D eigenvalue weighted by Gasteiger charge is 2.02. The van der Waals surface area contributed by atoms with E-state index >= 15 is 0 Å². The number of benzene rings is 2. The molecule has 0 aromatic heterocycles. The summed E-state index contributed by atoms with van der Waals surface area (Å²) in [6.45, 7) is 4.87. The molecule has 2 amide bonds. The van der Waals surface area contributed by atoms with E-state index < -0.39 is 0 Å². The molecule has 0 fully saturated rings. The van der Waals surface area contributed by atoms with Gasteiger partial charge in [-0.05, 0) is 61.4 Å². The van der Waals surface area contributed by atoms with Gasteiger partial charge in [-0.3, -0.25) is 0 Å². The molecule has 0 heterocycles. The van der Waals surface area contributed by atoms with Crippen LogP contribution in [-0.2, 0) is 0 Å². The Hall–Kier alpha value is -3.00. The van der Waals surface area contributed by atoms with Gasteiger partial charge in [0.05, 0.1) is 18.2 Å². The lowest BCUT2D eigenvalue weighted by molar-refractivity contribution is 0.247. The Morgan fingerprint density at radius 3 is 2.52 bits per heavy atom. The first-order chi connectivity index (χ1) is 11.1. The maximum atomic E-state index is 11.7. The third kappa shape index (κ3) is 5.04. The first-order valence-corrected chi connectivity index (χ1v) is 7.33. The van der Waals surface area contributed by atoms with E-state index in [9.17, 15) is 4.79 Å². The highest BCUT2D eigenvalue weighted by Crippen LogP contribution is 2.16. The van der Waals surface area contributed by atoms with Gasteiger partial charge in [0, 0.05) is 5.69 Å². The number of hydrogen-bond donors (Lipinski definition) is 2. The number of rotatable bonds is 5. The van der Waals surface area contributed by atoms with E-state index in [1.54, 1.807) is 24.3 Å². The SMILES string of the molecule is Cc1ccc(OCCNC(=O)Nc2ccc(C#N)cc2)cc1C. The topological polar surface area (TPSA) is 74.2 Å². The smallest absolute Gasteiger partial charge is 0.319 e. The van der Waals surface area contributed by atoms with Crippen LogP contribution in [0.1, 0.15) is 16.7 Å². The number of hydrogen-bond acceptors (Lipinski definition) is 3. The summed E-state index contributed by atoms with van der Waals surface area (Å²) in [5.74, 6) is 0.794. The molecule has 0 bridgehead atoms. The molecule has 0 aliphatic carbocycles. The Balaban J connectivity index is 1.72. The zero-order valence-corrected chi connectivity index (χ0v) is 13.2. The van der Waals surface area contributed by atoms with Crippen molar-refractivity contribution in [2.45, 2.75) is 13.8 Å². The van der Waals surface area contributed by atoms with Crippen molar-refractivity contribution in [2.24, 2.45) is 0 Å². The van der Waals surface area contributed by atoms with Crippen molar-refractivity contribution >= 4 is 11.7 Å². The number of nitriles is 1. The summed E-state index contributed by atoms with van der Waals surface area (Å²) in [6, 6.07) is 14.3. The molecule has 5 heteroatoms. The third-order valence-electron chi connectivity index (χ3n) is 3.41. The van der Waals surface area contributed by atoms with Crippen LogP contribution in [0, 0.1) is 25.2 Å². The minimum absolute atomic E-state index is 0.307. The van der Waals surface area contributed by atoms with Gasteiger partial charge in [0.25, 0.3) is 0 Å². The maximum absolute atomic E-state index is 11.7. The number of nitrogens with zero attached hydrogens (tertiary/aromatic N) is 1. The predicted molar refractivity (Wildman–Crippen MR) is 89.6 cm³/mol. The lowest BCUT2D eigenvalue weighted by atomic mass is 10.1. The molecule has 5 nitrogen and oxygen atoms in total. The van der Waals surface area contributed by atoms with Gasteiger partial charge in [0.2, 0.25) is 0 Å². The van der Waals surface area contributed by atoms with Crippen LogP contribution in [0.15, 0.2) is 42.5 Å². The summed E-state index contributed by atoms with van der Waals surface area (Å²) in [7, 11) is 0. The standard InChI is InChI=1S/C18H19N3O2/c1-13-3-8-17(11-14(13)2)23-10-9-20-18(22)21-16-6-4-15(12-19)5-7-16/h3-8,11H,9-10H2,1-2H3,(H2,20,21,22). The lowest BCUT2D eigenvalue weighted by Crippen LogP contribution is -2.32. The number of urea groups is 1. The fraction of sp³-hybridized carbons (Fsp3) is 0.222. The molecule has 0 atom stereocenters. The molecule has 2 aromatic rings. The average molecular weight is 309 g/mol. The first-order valence-electron chi connectivity index (χ1n) is 7.33. The van der Waals surface area contributed by atoms with Crippen LogP contribution in [0.4, 0.5) is 10.5 Å². The van der Waals surface area contributed by atoms with Gasteiger partial charge in [-0.25, -0.2) is 4.79 Å². The fourth-order valence-electron chi connectivity index (χ4n) is 1.94. The molecular weight excluding hydrogens is 290 g/mol. The van der Waals surface area contributed by atoms with Crippen molar-refractivity contribution in [3.05, 3.63) is 59.2 Å². The van der Waals surface area contributed by atoms with Gasteiger partial charge in [-0.2, -0.15) is 5.26 Å². The minimum atomic E-state index is -0.307. The normalized spacial score (nSPS) is 9.78. The van der Waals surface area contributed by atoms with Crippen LogP contribution < -0.4 is 15.4 Å². The molecule has 0 spiro atoms. The Labute approximate surface area is 135 Å². The lowest BCUT2D eigenvalue weighted by Gasteiger charge is -2.10. The predicted octanol–water partition coefficient (Wildman–Crippen LogP) is 3.38. The molecule has 0 saturated carbocycles. The largest absolute Gasteiger partial charge is 0.492 e. The molecule has 118 valence electrons. The summed E-state index contributed by atoms with van der Waals surface area (Å²) in [6.07, 6.45) is 0. The molecule has 0 saturated heterocycles. The number of anilines is 1. The van der Waals surface area contributed by atoms with Crippen molar-refractivity contribution in [1.82, 2.24) is 5.32 Å². The molecule has 2 rings (SSSR count). The first kappa shape index (κ1) is 16.4. The number of carbonyl (C=O) groups is 1. The van der Waals surface area contributed by atoms with E-state index in [2.05, 4.69) is 10.6 Å². The highest BCUT2D eigenvalue weighted by atomic mass is 16.5. The molecule has 0 aliphatic heterocycles. The number of amides is 2. The molecule has 2 aromatic carbocycles. The number of carbonyl (C=O) groups excluding carboxylic acids is 1. The second kappa shape index (κ2) is 7.85. The summed E-state index contributed by atoms with van der Waals surface area (Å²) < 4.78 is 5.59. The highest BCUT2D eigenvalue weighted by molar-refractivity contribution is 5.89. The van der Waals surface area contributed by atoms with Gasteiger partial charge in [-0.1, -0.05) is 6.07 Å². The quantitative estimate of drug-likeness (QED) is 0.832. The van der Waals surface area contributed by atoms with Crippen molar-refractivity contribution in [3.63, 3.8) is 0 Å². The van der Waals surface area contributed by atoms with Crippen LogP contribution in [0.5, 0.6) is 5.75 Å². The zero-order valence-electron chi connectivity index (χ0n) is 13.2. The molecule has 0 unspecified atom stereocenters. The molecular formula is C18H19N3O2. The van der Waals surface area contributed by atoms with E-state index in [0.29, 0.717) is 24.4 Å². The Bertz CT molecular complexity index is 718.